The Kier molecular flexibility index (Phi) is 5.81. The first-order valence-corrected chi connectivity index (χ1v) is 7.84. The second-order valence-electron chi connectivity index (χ2n) is 5.67. The summed E-state index contributed by atoms with van der Waals surface area (Å²) in [5, 5.41) is 11.6. The van der Waals surface area contributed by atoms with E-state index in [-0.39, 0.29) is 11.8 Å². The first kappa shape index (κ1) is 16.3. The number of carboxylic acids is 1. The molecule has 2 unspecified atom stereocenters. The molecule has 1 amide bonds. The van der Waals surface area contributed by atoms with Gasteiger partial charge in [0.05, 0.1) is 18.4 Å². The minimum atomic E-state index is -0.876. The van der Waals surface area contributed by atoms with Crippen molar-refractivity contribution >= 4 is 11.9 Å². The number of carbonyl (C=O) groups is 2. The minimum absolute atomic E-state index is 0.146. The predicted octanol–water partition coefficient (Wildman–Crippen LogP) is 2.24. The zero-order valence-corrected chi connectivity index (χ0v) is 12.9. The molecule has 5 heteroatoms. The highest BCUT2D eigenvalue weighted by atomic mass is 16.5. The van der Waals surface area contributed by atoms with Crippen molar-refractivity contribution in [3.05, 3.63) is 29.8 Å². The number of aliphatic carboxylic acids is 1. The SMILES string of the molecule is CCCCOc1ccc(CCNC(=O)C2CC2C(=O)O)cc1. The van der Waals surface area contributed by atoms with Gasteiger partial charge in [-0.2, -0.15) is 0 Å². The number of ether oxygens (including phenoxy) is 1. The smallest absolute Gasteiger partial charge is 0.307 e. The number of hydrogen-bond donors (Lipinski definition) is 2. The maximum absolute atomic E-state index is 11.7. The summed E-state index contributed by atoms with van der Waals surface area (Å²) in [6.45, 7) is 3.39. The normalized spacial score (nSPS) is 19.5. The molecule has 0 saturated heterocycles. The van der Waals surface area contributed by atoms with E-state index in [1.54, 1.807) is 0 Å². The maximum Gasteiger partial charge on any atom is 0.307 e. The fourth-order valence-electron chi connectivity index (χ4n) is 2.31. The van der Waals surface area contributed by atoms with Crippen LogP contribution in [0.5, 0.6) is 5.75 Å². The lowest BCUT2D eigenvalue weighted by Gasteiger charge is -2.07. The van der Waals surface area contributed by atoms with Gasteiger partial charge in [-0.1, -0.05) is 25.5 Å². The molecule has 0 radical (unpaired) electrons. The van der Waals surface area contributed by atoms with Gasteiger partial charge in [0.25, 0.3) is 0 Å². The largest absolute Gasteiger partial charge is 0.494 e. The third-order valence-electron chi connectivity index (χ3n) is 3.85. The van der Waals surface area contributed by atoms with E-state index in [1.807, 2.05) is 24.3 Å². The number of unbranched alkanes of at least 4 members (excludes halogenated alkanes) is 1. The first-order valence-electron chi connectivity index (χ1n) is 7.84. The topological polar surface area (TPSA) is 75.6 Å². The Labute approximate surface area is 130 Å². The average Bonchev–Trinajstić information content (AvgIpc) is 3.30. The van der Waals surface area contributed by atoms with Gasteiger partial charge in [0.15, 0.2) is 0 Å². The Hall–Kier alpha value is -2.04. The summed E-state index contributed by atoms with van der Waals surface area (Å²) < 4.78 is 5.59. The Morgan fingerprint density at radius 1 is 1.27 bits per heavy atom. The molecular formula is C17H23NO4. The first-order chi connectivity index (χ1) is 10.6. The highest BCUT2D eigenvalue weighted by molar-refractivity contribution is 5.89. The molecule has 0 bridgehead atoms. The van der Waals surface area contributed by atoms with Gasteiger partial charge in [-0.25, -0.2) is 0 Å². The van der Waals surface area contributed by atoms with Crippen LogP contribution >= 0.6 is 0 Å². The molecule has 5 nitrogen and oxygen atoms in total. The summed E-state index contributed by atoms with van der Waals surface area (Å²) in [5.41, 5.74) is 1.12. The van der Waals surface area contributed by atoms with Crippen LogP contribution in [-0.4, -0.2) is 30.1 Å². The molecule has 2 rings (SSSR count). The molecular weight excluding hydrogens is 282 g/mol. The van der Waals surface area contributed by atoms with Crippen molar-refractivity contribution in [1.82, 2.24) is 5.32 Å². The van der Waals surface area contributed by atoms with Gasteiger partial charge < -0.3 is 15.2 Å². The van der Waals surface area contributed by atoms with E-state index in [1.165, 1.54) is 0 Å². The number of benzene rings is 1. The third kappa shape index (κ3) is 4.76. The average molecular weight is 305 g/mol. The summed E-state index contributed by atoms with van der Waals surface area (Å²) in [6, 6.07) is 7.86. The van der Waals surface area contributed by atoms with Crippen LogP contribution in [0.25, 0.3) is 0 Å². The zero-order valence-electron chi connectivity index (χ0n) is 12.9. The van der Waals surface area contributed by atoms with E-state index in [2.05, 4.69) is 12.2 Å². The monoisotopic (exact) mass is 305 g/mol. The van der Waals surface area contributed by atoms with E-state index < -0.39 is 11.9 Å². The number of amides is 1. The van der Waals surface area contributed by atoms with Crippen LogP contribution in [0.15, 0.2) is 24.3 Å². The zero-order chi connectivity index (χ0) is 15.9. The van der Waals surface area contributed by atoms with E-state index in [4.69, 9.17) is 9.84 Å². The Morgan fingerprint density at radius 2 is 2.00 bits per heavy atom. The highest BCUT2D eigenvalue weighted by Crippen LogP contribution is 2.38. The molecule has 0 heterocycles. The van der Waals surface area contributed by atoms with Crippen molar-refractivity contribution in [3.63, 3.8) is 0 Å². The van der Waals surface area contributed by atoms with Crippen molar-refractivity contribution < 1.29 is 19.4 Å². The van der Waals surface area contributed by atoms with Crippen LogP contribution in [0.4, 0.5) is 0 Å². The van der Waals surface area contributed by atoms with E-state index in [0.29, 0.717) is 13.0 Å². The second kappa shape index (κ2) is 7.82. The van der Waals surface area contributed by atoms with Crippen LogP contribution in [0.2, 0.25) is 0 Å². The molecule has 1 saturated carbocycles. The number of hydrogen-bond acceptors (Lipinski definition) is 3. The van der Waals surface area contributed by atoms with Gasteiger partial charge in [-0.05, 0) is 37.0 Å². The van der Waals surface area contributed by atoms with Crippen molar-refractivity contribution in [3.8, 4) is 5.75 Å². The molecule has 0 spiro atoms. The third-order valence-corrected chi connectivity index (χ3v) is 3.85. The number of nitrogens with one attached hydrogen (secondary N) is 1. The second-order valence-corrected chi connectivity index (χ2v) is 5.67. The Morgan fingerprint density at radius 3 is 2.59 bits per heavy atom. The molecule has 120 valence electrons. The molecule has 22 heavy (non-hydrogen) atoms. The Bertz CT molecular complexity index is 512. The molecule has 0 aromatic heterocycles. The fraction of sp³-hybridized carbons (Fsp3) is 0.529. The van der Waals surface area contributed by atoms with Crippen molar-refractivity contribution in [2.24, 2.45) is 11.8 Å². The standard InChI is InChI=1S/C17H23NO4/c1-2-3-10-22-13-6-4-12(5-7-13)8-9-18-16(19)14-11-15(14)17(20)21/h4-7,14-15H,2-3,8-11H2,1H3,(H,18,19)(H,20,21). The summed E-state index contributed by atoms with van der Waals surface area (Å²) in [5.74, 6) is -0.986. The lowest BCUT2D eigenvalue weighted by atomic mass is 10.1. The van der Waals surface area contributed by atoms with E-state index >= 15 is 0 Å². The predicted molar refractivity (Wildman–Crippen MR) is 82.8 cm³/mol. The summed E-state index contributed by atoms with van der Waals surface area (Å²) in [4.78, 5) is 22.4. The molecule has 1 aromatic carbocycles. The van der Waals surface area contributed by atoms with Gasteiger partial charge in [0.1, 0.15) is 5.75 Å². The lowest BCUT2D eigenvalue weighted by molar-refractivity contribution is -0.140. The van der Waals surface area contributed by atoms with Gasteiger partial charge in [-0.3, -0.25) is 9.59 Å². The fourth-order valence-corrected chi connectivity index (χ4v) is 2.31. The van der Waals surface area contributed by atoms with Crippen LogP contribution in [0.3, 0.4) is 0 Å². The molecule has 2 N–H and O–H groups in total. The molecule has 1 fully saturated rings. The summed E-state index contributed by atoms with van der Waals surface area (Å²) in [7, 11) is 0. The van der Waals surface area contributed by atoms with E-state index in [9.17, 15) is 9.59 Å². The van der Waals surface area contributed by atoms with Crippen LogP contribution < -0.4 is 10.1 Å². The van der Waals surface area contributed by atoms with Crippen LogP contribution in [-0.2, 0) is 16.0 Å². The maximum atomic E-state index is 11.7. The molecule has 1 aromatic rings. The number of rotatable bonds is 9. The van der Waals surface area contributed by atoms with Crippen LogP contribution in [0, 0.1) is 11.8 Å². The highest BCUT2D eigenvalue weighted by Gasteiger charge is 2.48. The minimum Gasteiger partial charge on any atom is -0.494 e. The number of carbonyl (C=O) groups excluding carboxylic acids is 1. The van der Waals surface area contributed by atoms with Crippen molar-refractivity contribution in [2.45, 2.75) is 32.6 Å². The van der Waals surface area contributed by atoms with Crippen LogP contribution in [0.1, 0.15) is 31.7 Å². The quantitative estimate of drug-likeness (QED) is 0.686. The van der Waals surface area contributed by atoms with E-state index in [0.717, 1.165) is 37.2 Å². The molecule has 1 aliphatic rings. The van der Waals surface area contributed by atoms with Gasteiger partial charge in [0.2, 0.25) is 5.91 Å². The summed E-state index contributed by atoms with van der Waals surface area (Å²) >= 11 is 0. The molecule has 0 aliphatic heterocycles. The molecule has 1 aliphatic carbocycles. The summed E-state index contributed by atoms with van der Waals surface area (Å²) in [6.07, 6.45) is 3.35. The lowest BCUT2D eigenvalue weighted by Crippen LogP contribution is -2.28. The molecule has 2 atom stereocenters. The van der Waals surface area contributed by atoms with Gasteiger partial charge in [-0.15, -0.1) is 0 Å². The van der Waals surface area contributed by atoms with Crippen molar-refractivity contribution in [1.29, 1.82) is 0 Å². The van der Waals surface area contributed by atoms with Crippen molar-refractivity contribution in [2.75, 3.05) is 13.2 Å². The van der Waals surface area contributed by atoms with Gasteiger partial charge in [0, 0.05) is 6.54 Å². The van der Waals surface area contributed by atoms with Gasteiger partial charge >= 0.3 is 5.97 Å². The Balaban J connectivity index is 1.67. The number of carboxylic acid groups (broad SMARTS) is 1.